The topological polar surface area (TPSA) is 116 Å². The molecule has 0 unspecified atom stereocenters. The highest BCUT2D eigenvalue weighted by Gasteiger charge is 2.17. The van der Waals surface area contributed by atoms with Crippen molar-refractivity contribution in [3.8, 4) is 22.5 Å². The number of nitrogens with zero attached hydrogens (tertiary/aromatic N) is 4. The van der Waals surface area contributed by atoms with Crippen LogP contribution in [-0.4, -0.2) is 24.9 Å². The number of hydrogen-bond donors (Lipinski definition) is 3. The largest absolute Gasteiger partial charge is 0.426 e. The number of benzene rings is 2. The van der Waals surface area contributed by atoms with E-state index in [0.29, 0.717) is 29.1 Å². The molecule has 0 spiro atoms. The van der Waals surface area contributed by atoms with Crippen LogP contribution in [0.4, 0.5) is 11.8 Å². The van der Waals surface area contributed by atoms with E-state index in [-0.39, 0.29) is 5.95 Å². The fraction of sp³-hybridized carbons (Fsp3) is 0.150. The zero-order chi connectivity index (χ0) is 19.1. The van der Waals surface area contributed by atoms with Crippen LogP contribution >= 0.6 is 0 Å². The minimum Gasteiger partial charge on any atom is -0.426 e. The Hall–Kier alpha value is -3.61. The SMILES string of the molecule is CCc1nc(N)nc(N)c1-c1ccc2nc(-c3ccccc3C)n(O)c2c1. The van der Waals surface area contributed by atoms with Crippen LogP contribution in [0.25, 0.3) is 33.5 Å². The number of rotatable bonds is 3. The molecule has 0 aliphatic heterocycles. The van der Waals surface area contributed by atoms with Gasteiger partial charge in [-0.2, -0.15) is 9.71 Å². The summed E-state index contributed by atoms with van der Waals surface area (Å²) >= 11 is 0. The van der Waals surface area contributed by atoms with Crippen LogP contribution in [-0.2, 0) is 6.42 Å². The van der Waals surface area contributed by atoms with Crippen molar-refractivity contribution in [3.63, 3.8) is 0 Å². The van der Waals surface area contributed by atoms with E-state index < -0.39 is 0 Å². The Bertz CT molecular complexity index is 1160. The van der Waals surface area contributed by atoms with Gasteiger partial charge in [0.15, 0.2) is 5.82 Å². The van der Waals surface area contributed by atoms with Crippen LogP contribution in [0.15, 0.2) is 42.5 Å². The van der Waals surface area contributed by atoms with Gasteiger partial charge in [0.25, 0.3) is 0 Å². The molecule has 0 fully saturated rings. The van der Waals surface area contributed by atoms with Crippen LogP contribution in [0.5, 0.6) is 0 Å². The molecule has 2 heterocycles. The van der Waals surface area contributed by atoms with Gasteiger partial charge in [-0.3, -0.25) is 0 Å². The zero-order valence-electron chi connectivity index (χ0n) is 15.1. The molecule has 0 bridgehead atoms. The molecule has 0 amide bonds. The van der Waals surface area contributed by atoms with Gasteiger partial charge in [-0.15, -0.1) is 0 Å². The number of nitrogens with two attached hydrogens (primary N) is 2. The fourth-order valence-electron chi connectivity index (χ4n) is 3.33. The molecule has 0 atom stereocenters. The van der Waals surface area contributed by atoms with Crippen LogP contribution in [0.3, 0.4) is 0 Å². The summed E-state index contributed by atoms with van der Waals surface area (Å²) in [5.41, 5.74) is 17.3. The highest BCUT2D eigenvalue weighted by Crippen LogP contribution is 2.33. The number of aryl methyl sites for hydroxylation is 2. The molecule has 0 saturated heterocycles. The van der Waals surface area contributed by atoms with Gasteiger partial charge in [-0.1, -0.05) is 37.3 Å². The molecule has 0 radical (unpaired) electrons. The summed E-state index contributed by atoms with van der Waals surface area (Å²) in [5.74, 6) is 0.975. The number of aromatic nitrogens is 4. The molecular formula is C20H20N6O. The minimum absolute atomic E-state index is 0.156. The number of hydrogen-bond acceptors (Lipinski definition) is 6. The second kappa shape index (κ2) is 6.28. The monoisotopic (exact) mass is 360 g/mol. The molecule has 2 aromatic carbocycles. The third-order valence-corrected chi connectivity index (χ3v) is 4.67. The van der Waals surface area contributed by atoms with Crippen molar-refractivity contribution in [1.29, 1.82) is 0 Å². The van der Waals surface area contributed by atoms with Gasteiger partial charge < -0.3 is 16.7 Å². The average Bonchev–Trinajstić information content (AvgIpc) is 2.97. The summed E-state index contributed by atoms with van der Waals surface area (Å²) in [7, 11) is 0. The lowest BCUT2D eigenvalue weighted by Gasteiger charge is -2.11. The van der Waals surface area contributed by atoms with E-state index in [1.807, 2.05) is 56.3 Å². The van der Waals surface area contributed by atoms with E-state index in [4.69, 9.17) is 11.5 Å². The first-order chi connectivity index (χ1) is 13.0. The van der Waals surface area contributed by atoms with Gasteiger partial charge in [-0.25, -0.2) is 9.97 Å². The molecule has 5 N–H and O–H groups in total. The van der Waals surface area contributed by atoms with Crippen molar-refractivity contribution >= 4 is 22.8 Å². The predicted molar refractivity (Wildman–Crippen MR) is 106 cm³/mol. The Labute approximate surface area is 156 Å². The number of nitrogen functional groups attached to an aromatic ring is 2. The van der Waals surface area contributed by atoms with Crippen LogP contribution in [0.2, 0.25) is 0 Å². The highest BCUT2D eigenvalue weighted by atomic mass is 16.5. The zero-order valence-corrected chi connectivity index (χ0v) is 15.1. The molecule has 4 rings (SSSR count). The van der Waals surface area contributed by atoms with E-state index >= 15 is 0 Å². The average molecular weight is 360 g/mol. The van der Waals surface area contributed by atoms with Gasteiger partial charge in [-0.05, 0) is 36.6 Å². The molecule has 0 saturated carbocycles. The van der Waals surface area contributed by atoms with E-state index in [1.165, 1.54) is 0 Å². The fourth-order valence-corrected chi connectivity index (χ4v) is 3.33. The molecule has 4 aromatic rings. The van der Waals surface area contributed by atoms with Crippen molar-refractivity contribution in [2.75, 3.05) is 11.5 Å². The Morgan fingerprint density at radius 2 is 1.81 bits per heavy atom. The first-order valence-corrected chi connectivity index (χ1v) is 8.69. The molecule has 7 nitrogen and oxygen atoms in total. The Kier molecular flexibility index (Phi) is 3.92. The summed E-state index contributed by atoms with van der Waals surface area (Å²) in [5, 5.41) is 10.8. The smallest absolute Gasteiger partial charge is 0.222 e. The normalized spacial score (nSPS) is 11.2. The lowest BCUT2D eigenvalue weighted by atomic mass is 10.0. The quantitative estimate of drug-likeness (QED) is 0.482. The Morgan fingerprint density at radius 1 is 1.04 bits per heavy atom. The Morgan fingerprint density at radius 3 is 2.56 bits per heavy atom. The maximum Gasteiger partial charge on any atom is 0.222 e. The van der Waals surface area contributed by atoms with Crippen molar-refractivity contribution in [2.45, 2.75) is 20.3 Å². The lowest BCUT2D eigenvalue weighted by Crippen LogP contribution is -2.06. The third-order valence-electron chi connectivity index (χ3n) is 4.67. The molecule has 27 heavy (non-hydrogen) atoms. The summed E-state index contributed by atoms with van der Waals surface area (Å²) in [6, 6.07) is 13.4. The molecule has 7 heteroatoms. The van der Waals surface area contributed by atoms with Gasteiger partial charge in [0.1, 0.15) is 11.3 Å². The Balaban J connectivity index is 1.92. The first kappa shape index (κ1) is 16.8. The summed E-state index contributed by atoms with van der Waals surface area (Å²) in [6.07, 6.45) is 0.664. The first-order valence-electron chi connectivity index (χ1n) is 8.69. The van der Waals surface area contributed by atoms with Gasteiger partial charge in [0.2, 0.25) is 5.95 Å². The lowest BCUT2D eigenvalue weighted by molar-refractivity contribution is 0.203. The molecule has 136 valence electrons. The van der Waals surface area contributed by atoms with E-state index in [1.54, 1.807) is 0 Å². The third kappa shape index (κ3) is 2.73. The van der Waals surface area contributed by atoms with Crippen molar-refractivity contribution < 1.29 is 5.21 Å². The van der Waals surface area contributed by atoms with Crippen LogP contribution in [0.1, 0.15) is 18.2 Å². The second-order valence-electron chi connectivity index (χ2n) is 6.41. The van der Waals surface area contributed by atoms with Crippen molar-refractivity contribution in [3.05, 3.63) is 53.7 Å². The van der Waals surface area contributed by atoms with Gasteiger partial charge in [0.05, 0.1) is 11.2 Å². The van der Waals surface area contributed by atoms with Gasteiger partial charge in [0, 0.05) is 11.1 Å². The maximum absolute atomic E-state index is 10.8. The van der Waals surface area contributed by atoms with Crippen LogP contribution in [0, 0.1) is 6.92 Å². The van der Waals surface area contributed by atoms with E-state index in [9.17, 15) is 5.21 Å². The minimum atomic E-state index is 0.156. The van der Waals surface area contributed by atoms with E-state index in [0.717, 1.165) is 32.7 Å². The second-order valence-corrected chi connectivity index (χ2v) is 6.41. The maximum atomic E-state index is 10.8. The molecule has 0 aliphatic carbocycles. The van der Waals surface area contributed by atoms with Crippen molar-refractivity contribution in [2.24, 2.45) is 0 Å². The predicted octanol–water partition coefficient (Wildman–Crippen LogP) is 3.43. The summed E-state index contributed by atoms with van der Waals surface area (Å²) < 4.78 is 1.11. The highest BCUT2D eigenvalue weighted by molar-refractivity contribution is 5.88. The van der Waals surface area contributed by atoms with Crippen LogP contribution < -0.4 is 11.5 Å². The molecule has 0 aliphatic rings. The molecular weight excluding hydrogens is 340 g/mol. The number of anilines is 2. The standard InChI is InChI=1S/C20H20N6O/c1-3-14-17(18(21)25-20(22)24-14)12-8-9-15-16(10-12)26(27)19(23-15)13-7-5-4-6-11(13)2/h4-10,27H,3H2,1-2H3,(H4,21,22,24,25). The van der Waals surface area contributed by atoms with Gasteiger partial charge >= 0.3 is 0 Å². The summed E-state index contributed by atoms with van der Waals surface area (Å²) in [4.78, 5) is 13.0. The number of imidazole rings is 1. The molecule has 2 aromatic heterocycles. The van der Waals surface area contributed by atoms with Crippen molar-refractivity contribution in [1.82, 2.24) is 19.7 Å². The summed E-state index contributed by atoms with van der Waals surface area (Å²) in [6.45, 7) is 3.97. The number of fused-ring (bicyclic) bond motifs is 1. The van der Waals surface area contributed by atoms with E-state index in [2.05, 4.69) is 15.0 Å².